The maximum Gasteiger partial charge on any atom is 0.323 e. The molecule has 2 amide bonds. The Labute approximate surface area is 122 Å². The highest BCUT2D eigenvalue weighted by Crippen LogP contribution is 2.24. The van der Waals surface area contributed by atoms with Crippen molar-refractivity contribution < 1.29 is 23.9 Å². The Hall–Kier alpha value is -2.68. The summed E-state index contributed by atoms with van der Waals surface area (Å²) < 4.78 is 5.16. The molecule has 2 aromatic heterocycles. The van der Waals surface area contributed by atoms with Gasteiger partial charge in [-0.3, -0.25) is 14.4 Å². The van der Waals surface area contributed by atoms with Gasteiger partial charge < -0.3 is 20.2 Å². The molecule has 0 aliphatic carbocycles. The summed E-state index contributed by atoms with van der Waals surface area (Å²) in [6.07, 6.45) is 1.47. The normalized spacial score (nSPS) is 10.3. The number of nitrogens with two attached hydrogens (primary N) is 1. The molecule has 0 saturated heterocycles. The number of carboxylic acids is 1. The summed E-state index contributed by atoms with van der Waals surface area (Å²) in [5, 5.41) is 10.7. The van der Waals surface area contributed by atoms with E-state index >= 15 is 0 Å². The highest BCUT2D eigenvalue weighted by Gasteiger charge is 2.23. The Bertz CT molecular complexity index is 648. The van der Waals surface area contributed by atoms with Crippen LogP contribution < -0.4 is 5.73 Å². The Morgan fingerprint density at radius 2 is 2.14 bits per heavy atom. The number of nitrogens with zero attached hydrogens (tertiary/aromatic N) is 2. The Morgan fingerprint density at radius 3 is 2.71 bits per heavy atom. The number of aromatic nitrogens is 1. The molecule has 3 N–H and O–H groups in total. The van der Waals surface area contributed by atoms with E-state index in [1.54, 1.807) is 12.1 Å². The molecule has 0 spiro atoms. The van der Waals surface area contributed by atoms with Gasteiger partial charge in [-0.2, -0.15) is 0 Å². The minimum absolute atomic E-state index is 0.0360. The van der Waals surface area contributed by atoms with Crippen LogP contribution in [-0.2, 0) is 9.59 Å². The molecule has 0 atom stereocenters. The van der Waals surface area contributed by atoms with Crippen LogP contribution in [0.4, 0.5) is 0 Å². The van der Waals surface area contributed by atoms with E-state index in [-0.39, 0.29) is 5.69 Å². The van der Waals surface area contributed by atoms with Crippen LogP contribution in [0, 0.1) is 0 Å². The van der Waals surface area contributed by atoms with E-state index in [1.165, 1.54) is 23.0 Å². The SMILES string of the molecule is NC(=O)CN(CC(=O)O)C(=O)c1csc(-c2ccco2)n1. The number of primary amides is 1. The third-order valence-electron chi connectivity index (χ3n) is 2.42. The van der Waals surface area contributed by atoms with Crippen molar-refractivity contribution in [3.63, 3.8) is 0 Å². The van der Waals surface area contributed by atoms with Crippen LogP contribution in [-0.4, -0.2) is 45.9 Å². The second-order valence-corrected chi connectivity index (χ2v) is 4.89. The zero-order valence-corrected chi connectivity index (χ0v) is 11.5. The zero-order chi connectivity index (χ0) is 15.4. The highest BCUT2D eigenvalue weighted by molar-refractivity contribution is 7.13. The Kier molecular flexibility index (Phi) is 4.33. The second-order valence-electron chi connectivity index (χ2n) is 4.04. The summed E-state index contributed by atoms with van der Waals surface area (Å²) in [6, 6.07) is 3.37. The number of furan rings is 1. The van der Waals surface area contributed by atoms with Gasteiger partial charge >= 0.3 is 5.97 Å². The number of thiazole rings is 1. The van der Waals surface area contributed by atoms with E-state index in [0.717, 1.165) is 4.90 Å². The molecule has 2 aromatic rings. The molecule has 110 valence electrons. The van der Waals surface area contributed by atoms with Crippen LogP contribution in [0.1, 0.15) is 10.5 Å². The number of hydrogen-bond donors (Lipinski definition) is 2. The first-order valence-corrected chi connectivity index (χ1v) is 6.64. The van der Waals surface area contributed by atoms with Gasteiger partial charge in [0.1, 0.15) is 18.8 Å². The van der Waals surface area contributed by atoms with Crippen LogP contribution in [0.5, 0.6) is 0 Å². The number of carbonyl (C=O) groups excluding carboxylic acids is 2. The number of rotatable bonds is 6. The Morgan fingerprint density at radius 1 is 1.38 bits per heavy atom. The number of hydrogen-bond acceptors (Lipinski definition) is 6. The third-order valence-corrected chi connectivity index (χ3v) is 3.27. The molecule has 0 aliphatic heterocycles. The van der Waals surface area contributed by atoms with Gasteiger partial charge in [-0.15, -0.1) is 11.3 Å². The van der Waals surface area contributed by atoms with Crippen molar-refractivity contribution >= 4 is 29.1 Å². The maximum absolute atomic E-state index is 12.2. The van der Waals surface area contributed by atoms with Crippen LogP contribution >= 0.6 is 11.3 Å². The molecule has 0 unspecified atom stereocenters. The van der Waals surface area contributed by atoms with E-state index in [2.05, 4.69) is 4.98 Å². The minimum atomic E-state index is -1.24. The van der Waals surface area contributed by atoms with Gasteiger partial charge in [0.25, 0.3) is 5.91 Å². The molecule has 2 heterocycles. The highest BCUT2D eigenvalue weighted by atomic mass is 32.1. The van der Waals surface area contributed by atoms with Crippen LogP contribution in [0.15, 0.2) is 28.2 Å². The van der Waals surface area contributed by atoms with Crippen molar-refractivity contribution in [1.29, 1.82) is 0 Å². The van der Waals surface area contributed by atoms with Crippen molar-refractivity contribution in [2.45, 2.75) is 0 Å². The molecular weight excluding hydrogens is 298 g/mol. The first kappa shape index (κ1) is 14.7. The fraction of sp³-hybridized carbons (Fsp3) is 0.167. The summed E-state index contributed by atoms with van der Waals surface area (Å²) in [6.45, 7) is -1.12. The first-order chi connectivity index (χ1) is 9.97. The van der Waals surface area contributed by atoms with Crippen molar-refractivity contribution in [2.24, 2.45) is 5.73 Å². The number of carbonyl (C=O) groups is 3. The van der Waals surface area contributed by atoms with Crippen molar-refractivity contribution in [3.05, 3.63) is 29.5 Å². The van der Waals surface area contributed by atoms with Crippen molar-refractivity contribution in [3.8, 4) is 10.8 Å². The lowest BCUT2D eigenvalue weighted by atomic mass is 10.3. The fourth-order valence-corrected chi connectivity index (χ4v) is 2.36. The predicted octanol–water partition coefficient (Wildman–Crippen LogP) is 0.415. The lowest BCUT2D eigenvalue weighted by Gasteiger charge is -2.17. The number of amides is 2. The zero-order valence-electron chi connectivity index (χ0n) is 10.7. The molecule has 8 nitrogen and oxygen atoms in total. The molecule has 21 heavy (non-hydrogen) atoms. The van der Waals surface area contributed by atoms with Crippen molar-refractivity contribution in [2.75, 3.05) is 13.1 Å². The van der Waals surface area contributed by atoms with E-state index in [9.17, 15) is 14.4 Å². The van der Waals surface area contributed by atoms with Gasteiger partial charge in [-0.25, -0.2) is 4.98 Å². The minimum Gasteiger partial charge on any atom is -0.480 e. The average molecular weight is 309 g/mol. The summed E-state index contributed by atoms with van der Waals surface area (Å²) >= 11 is 1.17. The topological polar surface area (TPSA) is 127 Å². The molecule has 2 rings (SSSR count). The summed E-state index contributed by atoms with van der Waals surface area (Å²) in [5.41, 5.74) is 5.04. The molecule has 0 bridgehead atoms. The number of aliphatic carboxylic acids is 1. The third kappa shape index (κ3) is 3.66. The molecule has 0 fully saturated rings. The van der Waals surface area contributed by atoms with Crippen molar-refractivity contribution in [1.82, 2.24) is 9.88 Å². The first-order valence-electron chi connectivity index (χ1n) is 5.76. The van der Waals surface area contributed by atoms with Crippen LogP contribution in [0.2, 0.25) is 0 Å². The van der Waals surface area contributed by atoms with Crippen LogP contribution in [0.25, 0.3) is 10.8 Å². The maximum atomic E-state index is 12.2. The quantitative estimate of drug-likeness (QED) is 0.796. The summed E-state index contributed by atoms with van der Waals surface area (Å²) in [4.78, 5) is 38.7. The Balaban J connectivity index is 2.20. The van der Waals surface area contributed by atoms with Gasteiger partial charge in [0.2, 0.25) is 5.91 Å². The van der Waals surface area contributed by atoms with Gasteiger partial charge in [-0.05, 0) is 12.1 Å². The fourth-order valence-electron chi connectivity index (χ4n) is 1.60. The van der Waals surface area contributed by atoms with Gasteiger partial charge in [0, 0.05) is 5.38 Å². The van der Waals surface area contributed by atoms with E-state index in [4.69, 9.17) is 15.3 Å². The molecule has 9 heteroatoms. The van der Waals surface area contributed by atoms with E-state index < -0.39 is 30.9 Å². The van der Waals surface area contributed by atoms with E-state index in [0.29, 0.717) is 10.8 Å². The van der Waals surface area contributed by atoms with Gasteiger partial charge in [0.15, 0.2) is 10.8 Å². The molecular formula is C12H11N3O5S. The van der Waals surface area contributed by atoms with Crippen LogP contribution in [0.3, 0.4) is 0 Å². The number of carboxylic acid groups (broad SMARTS) is 1. The lowest BCUT2D eigenvalue weighted by Crippen LogP contribution is -2.41. The van der Waals surface area contributed by atoms with Gasteiger partial charge in [-0.1, -0.05) is 0 Å². The smallest absolute Gasteiger partial charge is 0.323 e. The standard InChI is InChI=1S/C12H11N3O5S/c13-9(16)4-15(5-10(17)18)12(19)7-6-21-11(14-7)8-2-1-3-20-8/h1-3,6H,4-5H2,(H2,13,16)(H,17,18). The summed E-state index contributed by atoms with van der Waals surface area (Å²) in [5.74, 6) is -2.22. The predicted molar refractivity (Wildman–Crippen MR) is 72.5 cm³/mol. The summed E-state index contributed by atoms with van der Waals surface area (Å²) in [7, 11) is 0. The molecule has 0 aliphatic rings. The van der Waals surface area contributed by atoms with E-state index in [1.807, 2.05) is 0 Å². The molecule has 0 aromatic carbocycles. The molecule has 0 saturated carbocycles. The average Bonchev–Trinajstić information content (AvgIpc) is 3.06. The molecule has 0 radical (unpaired) electrons. The largest absolute Gasteiger partial charge is 0.480 e. The monoisotopic (exact) mass is 309 g/mol. The lowest BCUT2D eigenvalue weighted by molar-refractivity contribution is -0.138. The second kappa shape index (κ2) is 6.18. The van der Waals surface area contributed by atoms with Gasteiger partial charge in [0.05, 0.1) is 6.26 Å².